The molecular weight excluding hydrogens is 308 g/mol. The van der Waals surface area contributed by atoms with Crippen molar-refractivity contribution in [2.24, 2.45) is 0 Å². The van der Waals surface area contributed by atoms with E-state index in [0.29, 0.717) is 5.75 Å². The van der Waals surface area contributed by atoms with Gasteiger partial charge in [0.1, 0.15) is 11.8 Å². The average Bonchev–Trinajstić information content (AvgIpc) is 2.54. The van der Waals surface area contributed by atoms with Gasteiger partial charge >= 0.3 is 0 Å². The molecule has 0 fully saturated rings. The monoisotopic (exact) mass is 318 g/mol. The SMILES string of the molecule is COc1cncc(C(=O)NS(=O)(=O)c2ccc(C#N)cn2)c1. The van der Waals surface area contributed by atoms with Crippen LogP contribution in [-0.2, 0) is 10.0 Å². The molecule has 1 N–H and O–H groups in total. The Morgan fingerprint density at radius 1 is 1.32 bits per heavy atom. The van der Waals surface area contributed by atoms with Crippen LogP contribution in [0.3, 0.4) is 0 Å². The fourth-order valence-corrected chi connectivity index (χ4v) is 2.40. The number of carbonyl (C=O) groups is 1. The highest BCUT2D eigenvalue weighted by Gasteiger charge is 2.20. The maximum absolute atomic E-state index is 12.0. The number of amides is 1. The second kappa shape index (κ2) is 6.19. The highest BCUT2D eigenvalue weighted by atomic mass is 32.2. The third kappa shape index (κ3) is 3.36. The lowest BCUT2D eigenvalue weighted by Gasteiger charge is -2.07. The van der Waals surface area contributed by atoms with Gasteiger partial charge in [-0.05, 0) is 18.2 Å². The fourth-order valence-electron chi connectivity index (χ4n) is 1.49. The number of nitriles is 1. The molecule has 0 spiro atoms. The van der Waals surface area contributed by atoms with Gasteiger partial charge in [0, 0.05) is 12.4 Å². The number of sulfonamides is 1. The van der Waals surface area contributed by atoms with E-state index in [1.54, 1.807) is 0 Å². The molecule has 0 saturated heterocycles. The molecule has 2 aromatic rings. The van der Waals surface area contributed by atoms with E-state index in [1.807, 2.05) is 10.8 Å². The molecule has 0 saturated carbocycles. The third-order valence-corrected chi connectivity index (χ3v) is 3.83. The summed E-state index contributed by atoms with van der Waals surface area (Å²) in [7, 11) is -2.74. The number of rotatable bonds is 4. The summed E-state index contributed by atoms with van der Waals surface area (Å²) in [6.45, 7) is 0. The highest BCUT2D eigenvalue weighted by molar-refractivity contribution is 7.90. The van der Waals surface area contributed by atoms with Crippen LogP contribution in [0.15, 0.2) is 41.8 Å². The topological polar surface area (TPSA) is 122 Å². The van der Waals surface area contributed by atoms with Crippen molar-refractivity contribution in [3.63, 3.8) is 0 Å². The number of methoxy groups -OCH3 is 1. The number of ether oxygens (including phenoxy) is 1. The Morgan fingerprint density at radius 2 is 2.09 bits per heavy atom. The van der Waals surface area contributed by atoms with Crippen molar-refractivity contribution in [3.05, 3.63) is 47.9 Å². The largest absolute Gasteiger partial charge is 0.495 e. The summed E-state index contributed by atoms with van der Waals surface area (Å²) in [6.07, 6.45) is 3.69. The Balaban J connectivity index is 2.23. The van der Waals surface area contributed by atoms with Crippen molar-refractivity contribution in [1.29, 1.82) is 5.26 Å². The molecule has 112 valence electrons. The summed E-state index contributed by atoms with van der Waals surface area (Å²) in [5.74, 6) is -0.542. The van der Waals surface area contributed by atoms with Gasteiger partial charge in [0.2, 0.25) is 0 Å². The van der Waals surface area contributed by atoms with Crippen LogP contribution in [0.4, 0.5) is 0 Å². The normalized spacial score (nSPS) is 10.5. The Morgan fingerprint density at radius 3 is 2.68 bits per heavy atom. The lowest BCUT2D eigenvalue weighted by molar-refractivity contribution is 0.0980. The van der Waals surface area contributed by atoms with Crippen LogP contribution in [0, 0.1) is 11.3 Å². The third-order valence-electron chi connectivity index (χ3n) is 2.58. The van der Waals surface area contributed by atoms with Crippen molar-refractivity contribution in [1.82, 2.24) is 14.7 Å². The molecule has 0 unspecified atom stereocenters. The minimum absolute atomic E-state index is 0.0246. The molecule has 0 atom stereocenters. The zero-order valence-electron chi connectivity index (χ0n) is 11.3. The lowest BCUT2D eigenvalue weighted by atomic mass is 10.3. The standard InChI is InChI=1S/C13H10N4O4S/c1-21-11-4-10(7-15-8-11)13(18)17-22(19,20)12-3-2-9(5-14)6-16-12/h2-4,6-8H,1H3,(H,17,18). The van der Waals surface area contributed by atoms with Crippen LogP contribution in [-0.4, -0.2) is 31.4 Å². The lowest BCUT2D eigenvalue weighted by Crippen LogP contribution is -2.31. The minimum Gasteiger partial charge on any atom is -0.495 e. The van der Waals surface area contributed by atoms with E-state index >= 15 is 0 Å². The molecule has 1 amide bonds. The van der Waals surface area contributed by atoms with E-state index in [-0.39, 0.29) is 16.2 Å². The predicted molar refractivity (Wildman–Crippen MR) is 74.4 cm³/mol. The average molecular weight is 318 g/mol. The van der Waals surface area contributed by atoms with Crippen LogP contribution in [0.2, 0.25) is 0 Å². The van der Waals surface area contributed by atoms with Gasteiger partial charge in [0.25, 0.3) is 15.9 Å². The Bertz CT molecular complexity index is 841. The van der Waals surface area contributed by atoms with Gasteiger partial charge in [0.05, 0.1) is 24.4 Å². The van der Waals surface area contributed by atoms with E-state index in [4.69, 9.17) is 10.00 Å². The predicted octanol–water partition coefficient (Wildman–Crippen LogP) is 0.476. The van der Waals surface area contributed by atoms with Gasteiger partial charge in [-0.25, -0.2) is 9.71 Å². The Hall–Kier alpha value is -2.99. The summed E-state index contributed by atoms with van der Waals surface area (Å²) in [6, 6.07) is 5.60. The first-order chi connectivity index (χ1) is 10.5. The van der Waals surface area contributed by atoms with Crippen molar-refractivity contribution < 1.29 is 17.9 Å². The molecule has 0 aliphatic carbocycles. The smallest absolute Gasteiger partial charge is 0.281 e. The molecule has 2 heterocycles. The van der Waals surface area contributed by atoms with Crippen LogP contribution in [0.1, 0.15) is 15.9 Å². The molecule has 22 heavy (non-hydrogen) atoms. The van der Waals surface area contributed by atoms with Crippen LogP contribution >= 0.6 is 0 Å². The summed E-state index contributed by atoms with van der Waals surface area (Å²) in [4.78, 5) is 19.4. The summed E-state index contributed by atoms with van der Waals surface area (Å²) < 4.78 is 30.9. The fraction of sp³-hybridized carbons (Fsp3) is 0.0769. The van der Waals surface area contributed by atoms with Gasteiger partial charge < -0.3 is 4.74 Å². The number of nitrogens with one attached hydrogen (secondary N) is 1. The first-order valence-electron chi connectivity index (χ1n) is 5.88. The van der Waals surface area contributed by atoms with E-state index in [9.17, 15) is 13.2 Å². The second-order valence-corrected chi connectivity index (χ2v) is 5.67. The number of carbonyl (C=O) groups excluding carboxylic acids is 1. The number of pyridine rings is 2. The Labute approximate surface area is 126 Å². The number of aromatic nitrogens is 2. The van der Waals surface area contributed by atoms with Crippen molar-refractivity contribution >= 4 is 15.9 Å². The molecule has 0 aliphatic heterocycles. The van der Waals surface area contributed by atoms with Crippen molar-refractivity contribution in [3.8, 4) is 11.8 Å². The van der Waals surface area contributed by atoms with E-state index in [0.717, 1.165) is 12.3 Å². The molecule has 0 aromatic carbocycles. The maximum atomic E-state index is 12.0. The molecule has 2 aromatic heterocycles. The first-order valence-corrected chi connectivity index (χ1v) is 7.37. The molecule has 9 heteroatoms. The Kier molecular flexibility index (Phi) is 4.33. The molecule has 2 rings (SSSR count). The number of nitrogens with zero attached hydrogens (tertiary/aromatic N) is 3. The molecule has 8 nitrogen and oxygen atoms in total. The highest BCUT2D eigenvalue weighted by Crippen LogP contribution is 2.12. The molecule has 0 bridgehead atoms. The van der Waals surface area contributed by atoms with Crippen LogP contribution < -0.4 is 9.46 Å². The summed E-state index contributed by atoms with van der Waals surface area (Å²) >= 11 is 0. The zero-order chi connectivity index (χ0) is 16.2. The van der Waals surface area contributed by atoms with Crippen LogP contribution in [0.25, 0.3) is 0 Å². The molecule has 0 radical (unpaired) electrons. The summed E-state index contributed by atoms with van der Waals surface area (Å²) in [5.41, 5.74) is 0.235. The van der Waals surface area contributed by atoms with Gasteiger partial charge in [-0.15, -0.1) is 0 Å². The van der Waals surface area contributed by atoms with Gasteiger partial charge in [-0.3, -0.25) is 9.78 Å². The minimum atomic E-state index is -4.14. The summed E-state index contributed by atoms with van der Waals surface area (Å²) in [5, 5.41) is 8.28. The van der Waals surface area contributed by atoms with E-state index < -0.39 is 15.9 Å². The maximum Gasteiger partial charge on any atom is 0.281 e. The van der Waals surface area contributed by atoms with E-state index in [1.165, 1.54) is 31.6 Å². The zero-order valence-corrected chi connectivity index (χ0v) is 12.2. The van der Waals surface area contributed by atoms with Gasteiger partial charge in [-0.1, -0.05) is 0 Å². The van der Waals surface area contributed by atoms with Crippen molar-refractivity contribution in [2.45, 2.75) is 5.03 Å². The first kappa shape index (κ1) is 15.4. The van der Waals surface area contributed by atoms with Crippen molar-refractivity contribution in [2.75, 3.05) is 7.11 Å². The quantitative estimate of drug-likeness (QED) is 0.869. The number of hydrogen-bond acceptors (Lipinski definition) is 7. The van der Waals surface area contributed by atoms with Gasteiger partial charge in [-0.2, -0.15) is 13.7 Å². The molecular formula is C13H10N4O4S. The number of hydrogen-bond donors (Lipinski definition) is 1. The second-order valence-electron chi connectivity index (χ2n) is 4.04. The van der Waals surface area contributed by atoms with E-state index in [2.05, 4.69) is 9.97 Å². The molecule has 0 aliphatic rings. The van der Waals surface area contributed by atoms with Gasteiger partial charge in [0.15, 0.2) is 5.03 Å². The van der Waals surface area contributed by atoms with Crippen LogP contribution in [0.5, 0.6) is 5.75 Å².